The van der Waals surface area contributed by atoms with Gasteiger partial charge in [0.15, 0.2) is 0 Å². The van der Waals surface area contributed by atoms with E-state index in [9.17, 15) is 14.4 Å². The Morgan fingerprint density at radius 1 is 1.00 bits per heavy atom. The average Bonchev–Trinajstić information content (AvgIpc) is 3.23. The summed E-state index contributed by atoms with van der Waals surface area (Å²) in [6.45, 7) is 3.09. The first-order chi connectivity index (χ1) is 13.5. The lowest BCUT2D eigenvalue weighted by molar-refractivity contribution is -0.136. The molecule has 0 aliphatic carbocycles. The van der Waals surface area contributed by atoms with Crippen LogP contribution in [-0.4, -0.2) is 37.5 Å². The molecule has 1 aromatic heterocycles. The van der Waals surface area contributed by atoms with Gasteiger partial charge < -0.3 is 20.7 Å². The molecule has 0 radical (unpaired) electrons. The van der Waals surface area contributed by atoms with Crippen molar-refractivity contribution in [1.29, 1.82) is 0 Å². The largest absolute Gasteiger partial charge is 0.381 e. The van der Waals surface area contributed by atoms with E-state index < -0.39 is 11.8 Å². The molecule has 0 saturated carbocycles. The van der Waals surface area contributed by atoms with Crippen LogP contribution in [-0.2, 0) is 24.5 Å². The molecule has 2 heterocycles. The van der Waals surface area contributed by atoms with E-state index in [-0.39, 0.29) is 11.3 Å². The van der Waals surface area contributed by atoms with Crippen molar-refractivity contribution in [2.45, 2.75) is 25.2 Å². The summed E-state index contributed by atoms with van der Waals surface area (Å²) in [6.07, 6.45) is 1.61. The molecule has 3 rings (SSSR count). The van der Waals surface area contributed by atoms with Gasteiger partial charge in [-0.25, -0.2) is 0 Å². The van der Waals surface area contributed by atoms with Crippen molar-refractivity contribution in [1.82, 2.24) is 5.32 Å². The second-order valence-electron chi connectivity index (χ2n) is 6.77. The first-order valence-corrected chi connectivity index (χ1v) is 9.95. The Hall–Kier alpha value is -2.71. The predicted molar refractivity (Wildman–Crippen MR) is 108 cm³/mol. The summed E-state index contributed by atoms with van der Waals surface area (Å²) in [4.78, 5) is 36.8. The van der Waals surface area contributed by atoms with Gasteiger partial charge >= 0.3 is 11.8 Å². The van der Waals surface area contributed by atoms with Crippen LogP contribution in [0.1, 0.15) is 24.6 Å². The molecule has 2 aromatic rings. The van der Waals surface area contributed by atoms with Gasteiger partial charge in [0.2, 0.25) is 5.91 Å². The van der Waals surface area contributed by atoms with E-state index in [0.29, 0.717) is 31.1 Å². The van der Waals surface area contributed by atoms with Crippen LogP contribution in [0.3, 0.4) is 0 Å². The lowest BCUT2D eigenvalue weighted by Gasteiger charge is -2.36. The van der Waals surface area contributed by atoms with E-state index in [4.69, 9.17) is 4.74 Å². The van der Waals surface area contributed by atoms with Crippen molar-refractivity contribution in [3.8, 4) is 0 Å². The molecule has 0 bridgehead atoms. The fourth-order valence-electron chi connectivity index (χ4n) is 3.21. The highest BCUT2D eigenvalue weighted by atomic mass is 32.1. The number of benzene rings is 1. The van der Waals surface area contributed by atoms with Gasteiger partial charge in [0, 0.05) is 48.3 Å². The van der Waals surface area contributed by atoms with Crippen molar-refractivity contribution in [3.05, 3.63) is 46.7 Å². The number of nitrogens with one attached hydrogen (secondary N) is 3. The number of carbonyl (C=O) groups excluding carboxylic acids is 3. The van der Waals surface area contributed by atoms with E-state index in [1.165, 1.54) is 11.8 Å². The minimum Gasteiger partial charge on any atom is -0.381 e. The number of thiophene rings is 1. The third-order valence-corrected chi connectivity index (χ3v) is 5.87. The van der Waals surface area contributed by atoms with Gasteiger partial charge in [-0.15, -0.1) is 11.3 Å². The Morgan fingerprint density at radius 3 is 2.21 bits per heavy atom. The van der Waals surface area contributed by atoms with Gasteiger partial charge in [-0.2, -0.15) is 0 Å². The Labute approximate surface area is 167 Å². The van der Waals surface area contributed by atoms with Gasteiger partial charge in [0.1, 0.15) is 0 Å². The van der Waals surface area contributed by atoms with Crippen molar-refractivity contribution < 1.29 is 19.1 Å². The molecule has 148 valence electrons. The standard InChI is InChI=1S/C20H23N3O4S/c1-14(24)22-15-4-6-16(7-5-15)23-19(26)18(25)21-13-20(8-10-27-11-9-20)17-3-2-12-28-17/h2-7,12H,8-11,13H2,1H3,(H,21,25)(H,22,24)(H,23,26). The number of hydrogen-bond donors (Lipinski definition) is 3. The fourth-order valence-corrected chi connectivity index (χ4v) is 4.20. The van der Waals surface area contributed by atoms with Crippen LogP contribution in [0.2, 0.25) is 0 Å². The van der Waals surface area contributed by atoms with Gasteiger partial charge in [0.05, 0.1) is 0 Å². The highest BCUT2D eigenvalue weighted by Gasteiger charge is 2.36. The van der Waals surface area contributed by atoms with Crippen LogP contribution in [0.4, 0.5) is 11.4 Å². The van der Waals surface area contributed by atoms with Crippen molar-refractivity contribution >= 4 is 40.4 Å². The Balaban J connectivity index is 1.57. The second-order valence-corrected chi connectivity index (χ2v) is 7.71. The van der Waals surface area contributed by atoms with Gasteiger partial charge in [0.25, 0.3) is 0 Å². The molecular weight excluding hydrogens is 378 g/mol. The van der Waals surface area contributed by atoms with Crippen LogP contribution in [0.15, 0.2) is 41.8 Å². The molecule has 1 aromatic carbocycles. The van der Waals surface area contributed by atoms with Gasteiger partial charge in [-0.05, 0) is 48.6 Å². The van der Waals surface area contributed by atoms with Crippen LogP contribution >= 0.6 is 11.3 Å². The third-order valence-electron chi connectivity index (χ3n) is 4.75. The van der Waals surface area contributed by atoms with Crippen LogP contribution in [0.25, 0.3) is 0 Å². The smallest absolute Gasteiger partial charge is 0.313 e. The van der Waals surface area contributed by atoms with E-state index in [2.05, 4.69) is 22.0 Å². The predicted octanol–water partition coefficient (Wildman–Crippen LogP) is 2.51. The molecule has 1 aliphatic rings. The summed E-state index contributed by atoms with van der Waals surface area (Å²) in [5, 5.41) is 10.0. The first kappa shape index (κ1) is 20.0. The van der Waals surface area contributed by atoms with Crippen molar-refractivity contribution in [2.75, 3.05) is 30.4 Å². The number of amides is 3. The monoisotopic (exact) mass is 401 g/mol. The molecule has 1 saturated heterocycles. The van der Waals surface area contributed by atoms with Gasteiger partial charge in [-0.3, -0.25) is 14.4 Å². The fraction of sp³-hybridized carbons (Fsp3) is 0.350. The lowest BCUT2D eigenvalue weighted by Crippen LogP contribution is -2.46. The quantitative estimate of drug-likeness (QED) is 0.671. The highest BCUT2D eigenvalue weighted by molar-refractivity contribution is 7.10. The Kier molecular flexibility index (Phi) is 6.43. The topological polar surface area (TPSA) is 96.5 Å². The van der Waals surface area contributed by atoms with Crippen molar-refractivity contribution in [2.24, 2.45) is 0 Å². The maximum Gasteiger partial charge on any atom is 0.313 e. The summed E-state index contributed by atoms with van der Waals surface area (Å²) >= 11 is 1.66. The summed E-state index contributed by atoms with van der Waals surface area (Å²) in [5.74, 6) is -1.57. The van der Waals surface area contributed by atoms with Crippen LogP contribution < -0.4 is 16.0 Å². The Bertz CT molecular complexity index is 828. The maximum absolute atomic E-state index is 12.3. The molecule has 0 unspecified atom stereocenters. The minimum absolute atomic E-state index is 0.177. The molecule has 0 atom stereocenters. The molecule has 1 fully saturated rings. The molecule has 3 amide bonds. The number of carbonyl (C=O) groups is 3. The second kappa shape index (κ2) is 8.99. The molecule has 8 heteroatoms. The Morgan fingerprint density at radius 2 is 1.64 bits per heavy atom. The summed E-state index contributed by atoms with van der Waals surface area (Å²) < 4.78 is 5.48. The highest BCUT2D eigenvalue weighted by Crippen LogP contribution is 2.36. The molecular formula is C20H23N3O4S. The van der Waals surface area contributed by atoms with Crippen LogP contribution in [0.5, 0.6) is 0 Å². The minimum atomic E-state index is -0.722. The van der Waals surface area contributed by atoms with E-state index in [0.717, 1.165) is 12.8 Å². The lowest BCUT2D eigenvalue weighted by atomic mass is 9.78. The molecule has 3 N–H and O–H groups in total. The average molecular weight is 401 g/mol. The van der Waals surface area contributed by atoms with Gasteiger partial charge in [-0.1, -0.05) is 6.07 Å². The zero-order valence-corrected chi connectivity index (χ0v) is 16.4. The number of hydrogen-bond acceptors (Lipinski definition) is 5. The first-order valence-electron chi connectivity index (χ1n) is 9.07. The summed E-state index contributed by atoms with van der Waals surface area (Å²) in [6, 6.07) is 10.6. The van der Waals surface area contributed by atoms with Crippen molar-refractivity contribution in [3.63, 3.8) is 0 Å². The van der Waals surface area contributed by atoms with E-state index in [1.807, 2.05) is 11.4 Å². The summed E-state index contributed by atoms with van der Waals surface area (Å²) in [5.41, 5.74) is 0.906. The van der Waals surface area contributed by atoms with E-state index in [1.54, 1.807) is 35.6 Å². The zero-order chi connectivity index (χ0) is 20.0. The number of rotatable bonds is 5. The van der Waals surface area contributed by atoms with E-state index >= 15 is 0 Å². The zero-order valence-electron chi connectivity index (χ0n) is 15.6. The normalized spacial score (nSPS) is 15.5. The van der Waals surface area contributed by atoms with Crippen LogP contribution in [0, 0.1) is 0 Å². The molecule has 1 aliphatic heterocycles. The molecule has 28 heavy (non-hydrogen) atoms. The summed E-state index contributed by atoms with van der Waals surface area (Å²) in [7, 11) is 0. The molecule has 7 nitrogen and oxygen atoms in total. The number of ether oxygens (including phenoxy) is 1. The molecule has 0 spiro atoms. The number of anilines is 2. The third kappa shape index (κ3) is 4.96. The maximum atomic E-state index is 12.3. The SMILES string of the molecule is CC(=O)Nc1ccc(NC(=O)C(=O)NCC2(c3cccs3)CCOCC2)cc1.